The first-order valence-corrected chi connectivity index (χ1v) is 6.94. The Balaban J connectivity index is 1.96. The molecule has 1 aromatic carbocycles. The summed E-state index contributed by atoms with van der Waals surface area (Å²) in [6.07, 6.45) is 0.893. The van der Waals surface area contributed by atoms with Crippen LogP contribution in [-0.2, 0) is 17.9 Å². The molecule has 21 heavy (non-hydrogen) atoms. The van der Waals surface area contributed by atoms with Gasteiger partial charge in [0, 0.05) is 17.1 Å². The molecule has 0 aliphatic rings. The Bertz CT molecular complexity index is 599. The van der Waals surface area contributed by atoms with Crippen molar-refractivity contribution in [2.45, 2.75) is 26.1 Å². The van der Waals surface area contributed by atoms with Crippen LogP contribution in [0.1, 0.15) is 18.2 Å². The van der Waals surface area contributed by atoms with Crippen molar-refractivity contribution in [1.82, 2.24) is 5.32 Å². The van der Waals surface area contributed by atoms with Crippen LogP contribution in [0.25, 0.3) is 0 Å². The first-order chi connectivity index (χ1) is 10.1. The fourth-order valence-corrected chi connectivity index (χ4v) is 2.07. The zero-order valence-electron chi connectivity index (χ0n) is 11.6. The Labute approximate surface area is 128 Å². The van der Waals surface area contributed by atoms with Crippen molar-refractivity contribution < 1.29 is 13.9 Å². The first kappa shape index (κ1) is 15.4. The maximum Gasteiger partial charge on any atom is 0.261 e. The highest BCUT2D eigenvalue weighted by Crippen LogP contribution is 2.26. The van der Waals surface area contributed by atoms with Crippen LogP contribution in [-0.4, -0.2) is 12.0 Å². The lowest BCUT2D eigenvalue weighted by atomic mass is 10.2. The number of halogens is 1. The van der Waals surface area contributed by atoms with Gasteiger partial charge in [-0.2, -0.15) is 0 Å². The van der Waals surface area contributed by atoms with Crippen LogP contribution in [0.15, 0.2) is 41.0 Å². The van der Waals surface area contributed by atoms with Gasteiger partial charge in [0.05, 0.1) is 12.8 Å². The third kappa shape index (κ3) is 4.00. The van der Waals surface area contributed by atoms with E-state index in [1.165, 1.54) is 0 Å². The largest absolute Gasteiger partial charge is 0.481 e. The number of hydrogen-bond acceptors (Lipinski definition) is 4. The second-order valence-electron chi connectivity index (χ2n) is 4.48. The Morgan fingerprint density at radius 2 is 2.24 bits per heavy atom. The number of benzene rings is 1. The van der Waals surface area contributed by atoms with Crippen LogP contribution in [0.5, 0.6) is 5.75 Å². The molecule has 3 N–H and O–H groups in total. The predicted octanol–water partition coefficient (Wildman–Crippen LogP) is 2.48. The smallest absolute Gasteiger partial charge is 0.261 e. The average Bonchev–Trinajstić information content (AvgIpc) is 2.98. The second kappa shape index (κ2) is 7.15. The number of nitrogens with two attached hydrogens (primary N) is 1. The number of nitrogens with one attached hydrogen (secondary N) is 1. The number of carbonyl (C=O) groups is 1. The third-order valence-electron chi connectivity index (χ3n) is 2.97. The van der Waals surface area contributed by atoms with Crippen LogP contribution in [0, 0.1) is 0 Å². The molecule has 1 heterocycles. The highest BCUT2D eigenvalue weighted by atomic mass is 35.5. The van der Waals surface area contributed by atoms with Gasteiger partial charge in [-0.05, 0) is 31.2 Å². The lowest BCUT2D eigenvalue weighted by Crippen LogP contribution is -2.36. The van der Waals surface area contributed by atoms with E-state index in [1.807, 2.05) is 0 Å². The van der Waals surface area contributed by atoms with Gasteiger partial charge < -0.3 is 20.2 Å². The molecule has 0 radical (unpaired) electrons. The highest BCUT2D eigenvalue weighted by molar-refractivity contribution is 6.31. The van der Waals surface area contributed by atoms with Crippen LogP contribution >= 0.6 is 11.6 Å². The van der Waals surface area contributed by atoms with Gasteiger partial charge in [-0.25, -0.2) is 0 Å². The van der Waals surface area contributed by atoms with Crippen molar-refractivity contribution in [3.63, 3.8) is 0 Å². The van der Waals surface area contributed by atoms with E-state index in [1.54, 1.807) is 43.5 Å². The Hall–Kier alpha value is -1.98. The lowest BCUT2D eigenvalue weighted by Gasteiger charge is -2.17. The zero-order valence-corrected chi connectivity index (χ0v) is 12.4. The minimum Gasteiger partial charge on any atom is -0.481 e. The normalized spacial score (nSPS) is 12.0. The summed E-state index contributed by atoms with van der Waals surface area (Å²) in [6, 6.07) is 8.78. The molecule has 0 aliphatic heterocycles. The standard InChI is InChI=1S/C15H17ClN2O3/c1-10(15(19)18-9-11-4-3-7-20-11)21-14-6-2-5-13(16)12(14)8-17/h2-7,10H,8-9,17H2,1H3,(H,18,19). The topological polar surface area (TPSA) is 77.5 Å². The molecule has 6 heteroatoms. The van der Waals surface area contributed by atoms with E-state index < -0.39 is 6.10 Å². The molecule has 2 rings (SSSR count). The Kier molecular flexibility index (Phi) is 5.25. The lowest BCUT2D eigenvalue weighted by molar-refractivity contribution is -0.127. The fraction of sp³-hybridized carbons (Fsp3) is 0.267. The summed E-state index contributed by atoms with van der Waals surface area (Å²) in [4.78, 5) is 12.0. The van der Waals surface area contributed by atoms with E-state index in [9.17, 15) is 4.79 Å². The summed E-state index contributed by atoms with van der Waals surface area (Å²) >= 11 is 6.05. The number of carbonyl (C=O) groups excluding carboxylic acids is 1. The van der Waals surface area contributed by atoms with Crippen molar-refractivity contribution in [1.29, 1.82) is 0 Å². The summed E-state index contributed by atoms with van der Waals surface area (Å²) in [5.41, 5.74) is 6.33. The molecule has 0 fully saturated rings. The van der Waals surface area contributed by atoms with Crippen LogP contribution in [0.3, 0.4) is 0 Å². The minimum atomic E-state index is -0.663. The van der Waals surface area contributed by atoms with E-state index in [2.05, 4.69) is 5.32 Å². The summed E-state index contributed by atoms with van der Waals surface area (Å²) in [5, 5.41) is 3.26. The average molecular weight is 309 g/mol. The predicted molar refractivity (Wildman–Crippen MR) is 80.0 cm³/mol. The van der Waals surface area contributed by atoms with Gasteiger partial charge in [-0.1, -0.05) is 17.7 Å². The minimum absolute atomic E-state index is 0.241. The van der Waals surface area contributed by atoms with Crippen molar-refractivity contribution in [3.05, 3.63) is 52.9 Å². The molecule has 0 saturated heterocycles. The Morgan fingerprint density at radius 1 is 1.43 bits per heavy atom. The first-order valence-electron chi connectivity index (χ1n) is 6.56. The molecule has 0 bridgehead atoms. The van der Waals surface area contributed by atoms with Crippen molar-refractivity contribution in [2.24, 2.45) is 5.73 Å². The van der Waals surface area contributed by atoms with Gasteiger partial charge in [0.1, 0.15) is 11.5 Å². The Morgan fingerprint density at radius 3 is 2.90 bits per heavy atom. The molecule has 1 unspecified atom stereocenters. The molecule has 1 atom stereocenters. The second-order valence-corrected chi connectivity index (χ2v) is 4.89. The number of ether oxygens (including phenoxy) is 1. The molecule has 5 nitrogen and oxygen atoms in total. The van der Waals surface area contributed by atoms with Gasteiger partial charge >= 0.3 is 0 Å². The molecule has 0 spiro atoms. The number of hydrogen-bond donors (Lipinski definition) is 2. The van der Waals surface area contributed by atoms with Gasteiger partial charge in [0.2, 0.25) is 0 Å². The highest BCUT2D eigenvalue weighted by Gasteiger charge is 2.17. The van der Waals surface area contributed by atoms with Gasteiger partial charge in [-0.15, -0.1) is 0 Å². The van der Waals surface area contributed by atoms with E-state index in [4.69, 9.17) is 26.5 Å². The maximum absolute atomic E-state index is 12.0. The molecule has 0 saturated carbocycles. The molecular formula is C15H17ClN2O3. The monoisotopic (exact) mass is 308 g/mol. The van der Waals surface area contributed by atoms with E-state index in [0.717, 1.165) is 0 Å². The quantitative estimate of drug-likeness (QED) is 0.859. The van der Waals surface area contributed by atoms with Crippen molar-refractivity contribution in [2.75, 3.05) is 0 Å². The van der Waals surface area contributed by atoms with Crippen LogP contribution < -0.4 is 15.8 Å². The third-order valence-corrected chi connectivity index (χ3v) is 3.32. The molecule has 1 aromatic heterocycles. The van der Waals surface area contributed by atoms with Crippen LogP contribution in [0.4, 0.5) is 0 Å². The molecule has 1 amide bonds. The molecule has 0 aliphatic carbocycles. The van der Waals surface area contributed by atoms with Gasteiger partial charge in [-0.3, -0.25) is 4.79 Å². The number of rotatable bonds is 6. The summed E-state index contributed by atoms with van der Waals surface area (Å²) in [5.74, 6) is 0.959. The fourth-order valence-electron chi connectivity index (χ4n) is 1.82. The molecule has 2 aromatic rings. The summed E-state index contributed by atoms with van der Waals surface area (Å²) < 4.78 is 10.8. The molecule has 112 valence electrons. The molecular weight excluding hydrogens is 292 g/mol. The van der Waals surface area contributed by atoms with E-state index >= 15 is 0 Å². The van der Waals surface area contributed by atoms with Crippen molar-refractivity contribution >= 4 is 17.5 Å². The van der Waals surface area contributed by atoms with Crippen LogP contribution in [0.2, 0.25) is 5.02 Å². The van der Waals surface area contributed by atoms with E-state index in [-0.39, 0.29) is 12.5 Å². The van der Waals surface area contributed by atoms with Gasteiger partial charge in [0.15, 0.2) is 6.10 Å². The summed E-state index contributed by atoms with van der Waals surface area (Å²) in [7, 11) is 0. The zero-order chi connectivity index (χ0) is 15.2. The summed E-state index contributed by atoms with van der Waals surface area (Å²) in [6.45, 7) is 2.23. The van der Waals surface area contributed by atoms with E-state index in [0.29, 0.717) is 28.6 Å². The number of amides is 1. The SMILES string of the molecule is CC(Oc1cccc(Cl)c1CN)C(=O)NCc1ccco1. The maximum atomic E-state index is 12.0. The van der Waals surface area contributed by atoms with Gasteiger partial charge in [0.25, 0.3) is 5.91 Å². The number of furan rings is 1. The van der Waals surface area contributed by atoms with Crippen molar-refractivity contribution in [3.8, 4) is 5.75 Å².